The van der Waals surface area contributed by atoms with Crippen molar-refractivity contribution >= 4 is 52.4 Å². The van der Waals surface area contributed by atoms with E-state index in [4.69, 9.17) is 21.3 Å². The summed E-state index contributed by atoms with van der Waals surface area (Å²) in [6.45, 7) is 8.01. The number of nitriles is 1. The number of piperidine rings is 3. The molecule has 0 bridgehead atoms. The Morgan fingerprint density at radius 1 is 0.947 bits per heavy atom. The zero-order chi connectivity index (χ0) is 39.6. The minimum atomic E-state index is -1.09. The number of nitrogens with one attached hydrogen (secondary N) is 1. The molecule has 296 valence electrons. The van der Waals surface area contributed by atoms with Crippen LogP contribution < -0.4 is 24.8 Å². The molecule has 2 atom stereocenters. The Bertz CT molecular complexity index is 2180. The summed E-state index contributed by atoms with van der Waals surface area (Å²) >= 11 is 6.37. The second-order valence-electron chi connectivity index (χ2n) is 16.5. The van der Waals surface area contributed by atoms with Gasteiger partial charge < -0.3 is 19.4 Å². The molecule has 3 aromatic rings. The molecular formula is C42H44ClFN8O5. The number of likely N-dealkylation sites (tertiary alicyclic amines) is 1. The minimum absolute atomic E-state index is 0.0213. The van der Waals surface area contributed by atoms with Crippen LogP contribution in [0.5, 0.6) is 5.75 Å². The van der Waals surface area contributed by atoms with Crippen LogP contribution in [0.1, 0.15) is 78.1 Å². The van der Waals surface area contributed by atoms with Gasteiger partial charge in [0.25, 0.3) is 11.8 Å². The maximum Gasteiger partial charge on any atom is 0.262 e. The van der Waals surface area contributed by atoms with Gasteiger partial charge in [-0.2, -0.15) is 5.26 Å². The van der Waals surface area contributed by atoms with Crippen LogP contribution in [0.2, 0.25) is 5.02 Å². The fourth-order valence-corrected chi connectivity index (χ4v) is 10.0. The van der Waals surface area contributed by atoms with Gasteiger partial charge in [-0.25, -0.2) is 9.37 Å². The Kier molecular flexibility index (Phi) is 9.56. The molecule has 5 fully saturated rings. The molecule has 0 saturated carbocycles. The predicted octanol–water partition coefficient (Wildman–Crippen LogP) is 4.76. The summed E-state index contributed by atoms with van der Waals surface area (Å²) in [5, 5.41) is 12.0. The van der Waals surface area contributed by atoms with E-state index in [1.54, 1.807) is 0 Å². The average molecular weight is 795 g/mol. The normalized spacial score (nSPS) is 24.2. The number of aromatic nitrogens is 1. The molecule has 0 aliphatic carbocycles. The molecular weight excluding hydrogens is 751 g/mol. The number of ether oxygens (including phenoxy) is 1. The highest BCUT2D eigenvalue weighted by atomic mass is 35.5. The van der Waals surface area contributed by atoms with E-state index in [2.05, 4.69) is 39.1 Å². The first-order chi connectivity index (χ1) is 27.5. The zero-order valence-electron chi connectivity index (χ0n) is 31.8. The summed E-state index contributed by atoms with van der Waals surface area (Å²) in [5.74, 6) is -1.37. The number of benzene rings is 2. The monoisotopic (exact) mass is 794 g/mol. The topological polar surface area (TPSA) is 142 Å². The quantitative estimate of drug-likeness (QED) is 0.331. The highest BCUT2D eigenvalue weighted by Crippen LogP contribution is 2.46. The maximum absolute atomic E-state index is 15.3. The molecule has 9 rings (SSSR count). The first kappa shape index (κ1) is 37.3. The lowest BCUT2D eigenvalue weighted by molar-refractivity contribution is -0.136. The Balaban J connectivity index is 0.735. The van der Waals surface area contributed by atoms with Crippen LogP contribution in [0.25, 0.3) is 0 Å². The van der Waals surface area contributed by atoms with Crippen molar-refractivity contribution in [3.05, 3.63) is 76.2 Å². The van der Waals surface area contributed by atoms with E-state index >= 15 is 4.39 Å². The molecule has 1 N–H and O–H groups in total. The van der Waals surface area contributed by atoms with Crippen LogP contribution >= 0.6 is 11.6 Å². The van der Waals surface area contributed by atoms with Crippen molar-refractivity contribution < 1.29 is 28.3 Å². The Morgan fingerprint density at radius 3 is 2.35 bits per heavy atom. The van der Waals surface area contributed by atoms with E-state index in [1.165, 1.54) is 6.07 Å². The van der Waals surface area contributed by atoms with Gasteiger partial charge >= 0.3 is 0 Å². The van der Waals surface area contributed by atoms with Gasteiger partial charge in [-0.1, -0.05) is 11.6 Å². The number of imide groups is 2. The first-order valence-electron chi connectivity index (χ1n) is 19.9. The van der Waals surface area contributed by atoms with E-state index in [0.717, 1.165) is 93.0 Å². The zero-order valence-corrected chi connectivity index (χ0v) is 32.5. The number of hydrogen-bond donors (Lipinski definition) is 1. The Labute approximate surface area is 335 Å². The van der Waals surface area contributed by atoms with Crippen LogP contribution in [0.3, 0.4) is 0 Å². The molecule has 6 aliphatic heterocycles. The number of hydrogen-bond acceptors (Lipinski definition) is 11. The van der Waals surface area contributed by atoms with Gasteiger partial charge in [0, 0.05) is 70.0 Å². The number of fused-ring (bicyclic) bond motifs is 1. The fraction of sp³-hybridized carbons (Fsp3) is 0.476. The Morgan fingerprint density at radius 2 is 1.68 bits per heavy atom. The van der Waals surface area contributed by atoms with Crippen LogP contribution in [-0.4, -0.2) is 108 Å². The average Bonchev–Trinajstić information content (AvgIpc) is 3.63. The molecule has 1 unspecified atom stereocenters. The molecule has 57 heavy (non-hydrogen) atoms. The number of carbonyl (C=O) groups is 4. The summed E-state index contributed by atoms with van der Waals surface area (Å²) in [7, 11) is 0. The van der Waals surface area contributed by atoms with Gasteiger partial charge in [0.2, 0.25) is 11.8 Å². The highest BCUT2D eigenvalue weighted by Gasteiger charge is 2.47. The number of anilines is 3. The van der Waals surface area contributed by atoms with Crippen molar-refractivity contribution in [1.29, 1.82) is 5.26 Å². The lowest BCUT2D eigenvalue weighted by Gasteiger charge is -2.48. The lowest BCUT2D eigenvalue weighted by atomic mass is 9.77. The minimum Gasteiger partial charge on any atom is -0.489 e. The highest BCUT2D eigenvalue weighted by molar-refractivity contribution is 6.32. The van der Waals surface area contributed by atoms with Gasteiger partial charge in [0.1, 0.15) is 35.6 Å². The van der Waals surface area contributed by atoms with Gasteiger partial charge in [-0.05, 0) is 93.3 Å². The molecule has 1 spiro atoms. The smallest absolute Gasteiger partial charge is 0.262 e. The standard InChI is InChI=1S/C42H44ClFN8O5/c1-25-19-42(24-51(25)27-3-2-26(20-45)33(43)16-27)10-14-49(15-11-42)37-6-4-30(21-46-37)57-29-8-12-48(13-9-29)28-22-50(23-28)36-18-32-31(17-34(36)44)40(55)52(41(32)56)35-5-7-38(53)47-39(35)54/h2-4,6,16-18,21,25,28-29,35H,5,7-15,19,22-24H2,1H3,(H,47,53,54)/t25-,35?/m0/s1. The summed E-state index contributed by atoms with van der Waals surface area (Å²) in [5.41, 5.74) is 2.11. The molecule has 1 aromatic heterocycles. The van der Waals surface area contributed by atoms with E-state index in [-0.39, 0.29) is 47.2 Å². The van der Waals surface area contributed by atoms with Crippen LogP contribution in [0, 0.1) is 22.6 Å². The summed E-state index contributed by atoms with van der Waals surface area (Å²) < 4.78 is 21.7. The predicted molar refractivity (Wildman–Crippen MR) is 210 cm³/mol. The van der Waals surface area contributed by atoms with Crippen molar-refractivity contribution in [2.75, 3.05) is 60.5 Å². The first-order valence-corrected chi connectivity index (χ1v) is 20.2. The van der Waals surface area contributed by atoms with Crippen LogP contribution in [0.4, 0.5) is 21.6 Å². The number of halogens is 2. The molecule has 6 aliphatic rings. The molecule has 15 heteroatoms. The molecule has 5 saturated heterocycles. The van der Waals surface area contributed by atoms with Crippen molar-refractivity contribution in [3.8, 4) is 11.8 Å². The van der Waals surface area contributed by atoms with Gasteiger partial charge in [0.15, 0.2) is 0 Å². The summed E-state index contributed by atoms with van der Waals surface area (Å²) in [6, 6.07) is 14.0. The fourth-order valence-electron chi connectivity index (χ4n) is 9.79. The maximum atomic E-state index is 15.3. The second-order valence-corrected chi connectivity index (χ2v) is 16.9. The number of carbonyl (C=O) groups excluding carboxylic acids is 4. The van der Waals surface area contributed by atoms with E-state index in [0.29, 0.717) is 29.7 Å². The number of nitrogens with zero attached hydrogens (tertiary/aromatic N) is 7. The summed E-state index contributed by atoms with van der Waals surface area (Å²) in [4.78, 5) is 65.1. The molecule has 13 nitrogen and oxygen atoms in total. The van der Waals surface area contributed by atoms with E-state index in [9.17, 15) is 24.4 Å². The molecule has 0 radical (unpaired) electrons. The third-order valence-electron chi connectivity index (χ3n) is 13.0. The lowest BCUT2D eigenvalue weighted by Crippen LogP contribution is -2.61. The number of pyridine rings is 1. The molecule has 4 amide bonds. The van der Waals surface area contributed by atoms with Crippen molar-refractivity contribution in [2.45, 2.75) is 76.1 Å². The van der Waals surface area contributed by atoms with Crippen molar-refractivity contribution in [3.63, 3.8) is 0 Å². The molecule has 2 aromatic carbocycles. The van der Waals surface area contributed by atoms with E-state index in [1.807, 2.05) is 35.4 Å². The van der Waals surface area contributed by atoms with Crippen LogP contribution in [-0.2, 0) is 9.59 Å². The number of rotatable bonds is 7. The SMILES string of the molecule is C[C@H]1CC2(CCN(c3ccc(OC4CCN(C5CN(c6cc7c(cc6F)C(=O)N(C6CCC(=O)NC6=O)C7=O)C5)CC4)cn3)CC2)CN1c1ccc(C#N)c(Cl)c1. The van der Waals surface area contributed by atoms with Gasteiger partial charge in [-0.3, -0.25) is 34.3 Å². The van der Waals surface area contributed by atoms with Crippen LogP contribution in [0.15, 0.2) is 48.7 Å². The Hall–Kier alpha value is -5.26. The van der Waals surface area contributed by atoms with Gasteiger partial charge in [-0.15, -0.1) is 0 Å². The second kappa shape index (κ2) is 14.6. The number of amides is 4. The third-order valence-corrected chi connectivity index (χ3v) is 13.4. The third kappa shape index (κ3) is 6.84. The van der Waals surface area contributed by atoms with Crippen molar-refractivity contribution in [2.24, 2.45) is 5.41 Å². The van der Waals surface area contributed by atoms with Crippen molar-refractivity contribution in [1.82, 2.24) is 20.1 Å². The molecule has 7 heterocycles. The largest absolute Gasteiger partial charge is 0.489 e. The van der Waals surface area contributed by atoms with E-state index < -0.39 is 35.5 Å². The summed E-state index contributed by atoms with van der Waals surface area (Å²) in [6.07, 6.45) is 6.99. The van der Waals surface area contributed by atoms with Gasteiger partial charge in [0.05, 0.1) is 33.6 Å².